The summed E-state index contributed by atoms with van der Waals surface area (Å²) in [6.45, 7) is -0.406. The van der Waals surface area contributed by atoms with Crippen LogP contribution in [-0.4, -0.2) is 58.4 Å². The molecule has 0 radical (unpaired) electrons. The van der Waals surface area contributed by atoms with Crippen molar-refractivity contribution >= 4 is 23.7 Å². The summed E-state index contributed by atoms with van der Waals surface area (Å²) in [6.07, 6.45) is -0.643. The van der Waals surface area contributed by atoms with Gasteiger partial charge in [0.1, 0.15) is 6.61 Å². The minimum atomic E-state index is -1.91. The number of carboxylic acid groups (broad SMARTS) is 1. The topological polar surface area (TPSA) is 116 Å². The summed E-state index contributed by atoms with van der Waals surface area (Å²) in [4.78, 5) is 37.4. The van der Waals surface area contributed by atoms with Gasteiger partial charge >= 0.3 is 12.1 Å². The lowest BCUT2D eigenvalue weighted by Gasteiger charge is -2.43. The van der Waals surface area contributed by atoms with Crippen LogP contribution in [0.15, 0.2) is 72.8 Å². The number of ether oxygens (including phenoxy) is 1. The van der Waals surface area contributed by atoms with Gasteiger partial charge in [0.25, 0.3) is 5.91 Å². The molecule has 3 N–H and O–H groups in total. The Hall–Kier alpha value is -4.17. The first-order chi connectivity index (χ1) is 16.4. The van der Waals surface area contributed by atoms with Gasteiger partial charge in [-0.05, 0) is 40.5 Å². The molecular weight excluding hydrogens is 436 g/mol. The molecule has 5 rings (SSSR count). The monoisotopic (exact) mass is 458 g/mol. The summed E-state index contributed by atoms with van der Waals surface area (Å²) in [5.41, 5.74) is 3.23. The number of aliphatic hydroxyl groups is 1. The fourth-order valence-electron chi connectivity index (χ4n) is 4.53. The van der Waals surface area contributed by atoms with Gasteiger partial charge in [-0.3, -0.25) is 10.1 Å². The van der Waals surface area contributed by atoms with Crippen molar-refractivity contribution in [2.45, 2.75) is 11.5 Å². The molecule has 1 fully saturated rings. The molecule has 3 aromatic rings. The van der Waals surface area contributed by atoms with E-state index in [0.717, 1.165) is 22.3 Å². The Morgan fingerprint density at radius 3 is 2.18 bits per heavy atom. The number of anilines is 1. The summed E-state index contributed by atoms with van der Waals surface area (Å²) < 4.78 is 5.53. The third kappa shape index (κ3) is 3.78. The molecule has 1 saturated heterocycles. The van der Waals surface area contributed by atoms with Gasteiger partial charge < -0.3 is 19.8 Å². The molecule has 8 heteroatoms. The Morgan fingerprint density at radius 1 is 0.941 bits per heavy atom. The number of nitrogens with one attached hydrogen (secondary N) is 1. The number of fused-ring (bicyclic) bond motifs is 3. The van der Waals surface area contributed by atoms with Crippen molar-refractivity contribution in [3.05, 3.63) is 89.5 Å². The van der Waals surface area contributed by atoms with E-state index in [0.29, 0.717) is 5.69 Å². The standard InChI is InChI=1S/C26H22N2O6/c29-23(28-14-26(33,15-28)24(30)31)16-6-5-7-17(12-16)27-25(32)34-13-22-20-10-3-1-8-18(20)19-9-2-4-11-21(19)22/h1-12,22,33H,13-15H2,(H,27,32)(H,30,31). The molecule has 1 aliphatic heterocycles. The molecular formula is C26H22N2O6. The Kier molecular flexibility index (Phi) is 5.30. The van der Waals surface area contributed by atoms with Crippen LogP contribution in [-0.2, 0) is 9.53 Å². The number of likely N-dealkylation sites (tertiary alicyclic amines) is 1. The highest BCUT2D eigenvalue weighted by molar-refractivity contribution is 5.98. The van der Waals surface area contributed by atoms with Crippen LogP contribution in [0.2, 0.25) is 0 Å². The van der Waals surface area contributed by atoms with E-state index in [1.807, 2.05) is 36.4 Å². The van der Waals surface area contributed by atoms with Crippen LogP contribution < -0.4 is 5.32 Å². The zero-order chi connectivity index (χ0) is 23.9. The number of carboxylic acids is 1. The van der Waals surface area contributed by atoms with Crippen molar-refractivity contribution < 1.29 is 29.3 Å². The molecule has 2 amide bonds. The van der Waals surface area contributed by atoms with Crippen LogP contribution >= 0.6 is 0 Å². The number of benzene rings is 3. The third-order valence-corrected chi connectivity index (χ3v) is 6.29. The fourth-order valence-corrected chi connectivity index (χ4v) is 4.53. The van der Waals surface area contributed by atoms with Crippen LogP contribution in [0.5, 0.6) is 0 Å². The summed E-state index contributed by atoms with van der Waals surface area (Å²) in [5, 5.41) is 21.5. The minimum Gasteiger partial charge on any atom is -0.479 e. The number of hydrogen-bond donors (Lipinski definition) is 3. The molecule has 34 heavy (non-hydrogen) atoms. The fraction of sp³-hybridized carbons (Fsp3) is 0.192. The van der Waals surface area contributed by atoms with Gasteiger partial charge in [0.15, 0.2) is 5.60 Å². The van der Waals surface area contributed by atoms with Gasteiger partial charge in [-0.2, -0.15) is 0 Å². The minimum absolute atomic E-state index is 0.0644. The van der Waals surface area contributed by atoms with E-state index in [-0.39, 0.29) is 31.2 Å². The Labute approximate surface area is 195 Å². The summed E-state index contributed by atoms with van der Waals surface area (Å²) >= 11 is 0. The van der Waals surface area contributed by atoms with Crippen molar-refractivity contribution in [1.29, 1.82) is 0 Å². The van der Waals surface area contributed by atoms with E-state index < -0.39 is 23.6 Å². The molecule has 8 nitrogen and oxygen atoms in total. The van der Waals surface area contributed by atoms with E-state index in [1.54, 1.807) is 18.2 Å². The van der Waals surface area contributed by atoms with Crippen LogP contribution in [0.25, 0.3) is 11.1 Å². The average molecular weight is 458 g/mol. The molecule has 0 spiro atoms. The second-order valence-electron chi connectivity index (χ2n) is 8.53. The van der Waals surface area contributed by atoms with Gasteiger partial charge in [0, 0.05) is 17.2 Å². The first kappa shape index (κ1) is 21.7. The predicted molar refractivity (Wildman–Crippen MR) is 124 cm³/mol. The van der Waals surface area contributed by atoms with E-state index in [2.05, 4.69) is 17.4 Å². The zero-order valence-corrected chi connectivity index (χ0v) is 18.1. The summed E-state index contributed by atoms with van der Waals surface area (Å²) in [5.74, 6) is -1.85. The van der Waals surface area contributed by atoms with Gasteiger partial charge in [-0.25, -0.2) is 9.59 Å². The number of amides is 2. The van der Waals surface area contributed by atoms with E-state index in [4.69, 9.17) is 9.84 Å². The van der Waals surface area contributed by atoms with Gasteiger partial charge in [-0.15, -0.1) is 0 Å². The number of aliphatic carboxylic acids is 1. The quantitative estimate of drug-likeness (QED) is 0.540. The van der Waals surface area contributed by atoms with Crippen molar-refractivity contribution in [2.24, 2.45) is 0 Å². The van der Waals surface area contributed by atoms with Crippen LogP contribution in [0.1, 0.15) is 27.4 Å². The van der Waals surface area contributed by atoms with Crippen molar-refractivity contribution in [3.63, 3.8) is 0 Å². The van der Waals surface area contributed by atoms with Crippen LogP contribution in [0.3, 0.4) is 0 Å². The van der Waals surface area contributed by atoms with Crippen LogP contribution in [0.4, 0.5) is 10.5 Å². The van der Waals surface area contributed by atoms with Crippen molar-refractivity contribution in [3.8, 4) is 11.1 Å². The maximum absolute atomic E-state index is 12.6. The highest BCUT2D eigenvalue weighted by Crippen LogP contribution is 2.44. The molecule has 2 aliphatic rings. The largest absolute Gasteiger partial charge is 0.479 e. The molecule has 0 atom stereocenters. The second kappa shape index (κ2) is 8.31. The van der Waals surface area contributed by atoms with Crippen LogP contribution in [0, 0.1) is 0 Å². The maximum atomic E-state index is 12.6. The lowest BCUT2D eigenvalue weighted by Crippen LogP contribution is -2.67. The Bertz CT molecular complexity index is 1250. The third-order valence-electron chi connectivity index (χ3n) is 6.29. The Balaban J connectivity index is 1.23. The molecule has 0 unspecified atom stereocenters. The smallest absolute Gasteiger partial charge is 0.411 e. The molecule has 0 saturated carbocycles. The van der Waals surface area contributed by atoms with E-state index in [1.165, 1.54) is 11.0 Å². The molecule has 0 bridgehead atoms. The molecule has 1 aliphatic carbocycles. The van der Waals surface area contributed by atoms with Crippen molar-refractivity contribution in [1.82, 2.24) is 4.90 Å². The van der Waals surface area contributed by atoms with E-state index in [9.17, 15) is 19.5 Å². The summed E-state index contributed by atoms with van der Waals surface area (Å²) in [6, 6.07) is 22.4. The first-order valence-corrected chi connectivity index (χ1v) is 10.8. The number of rotatable bonds is 5. The number of carbonyl (C=O) groups excluding carboxylic acids is 2. The average Bonchev–Trinajstić information content (AvgIpc) is 3.14. The zero-order valence-electron chi connectivity index (χ0n) is 18.1. The first-order valence-electron chi connectivity index (χ1n) is 10.8. The van der Waals surface area contributed by atoms with Gasteiger partial charge in [0.2, 0.25) is 0 Å². The Morgan fingerprint density at radius 2 is 1.56 bits per heavy atom. The predicted octanol–water partition coefficient (Wildman–Crippen LogP) is 3.32. The normalized spacial score (nSPS) is 15.6. The maximum Gasteiger partial charge on any atom is 0.411 e. The highest BCUT2D eigenvalue weighted by atomic mass is 16.5. The highest BCUT2D eigenvalue weighted by Gasteiger charge is 2.50. The van der Waals surface area contributed by atoms with Crippen molar-refractivity contribution in [2.75, 3.05) is 25.0 Å². The second-order valence-corrected chi connectivity index (χ2v) is 8.53. The lowest BCUT2D eigenvalue weighted by atomic mass is 9.93. The summed E-state index contributed by atoms with van der Waals surface area (Å²) in [7, 11) is 0. The lowest BCUT2D eigenvalue weighted by molar-refractivity contribution is -0.173. The van der Waals surface area contributed by atoms with Gasteiger partial charge in [-0.1, -0.05) is 54.6 Å². The number of hydrogen-bond acceptors (Lipinski definition) is 5. The van der Waals surface area contributed by atoms with Gasteiger partial charge in [0.05, 0.1) is 13.1 Å². The molecule has 172 valence electrons. The number of β-amino-alcohol motifs (C(OH)–C–C–N with tert-alkyl or cyclic N) is 1. The number of nitrogens with zero attached hydrogens (tertiary/aromatic N) is 1. The molecule has 0 aromatic heterocycles. The number of carbonyl (C=O) groups is 3. The molecule has 1 heterocycles. The SMILES string of the molecule is O=C(Nc1cccc(C(=O)N2CC(O)(C(=O)O)C2)c1)OCC1c2ccccc2-c2ccccc21. The molecule has 3 aromatic carbocycles. The van der Waals surface area contributed by atoms with E-state index >= 15 is 0 Å².